The van der Waals surface area contributed by atoms with Crippen molar-refractivity contribution in [2.24, 2.45) is 5.92 Å². The van der Waals surface area contributed by atoms with E-state index >= 15 is 0 Å². The Morgan fingerprint density at radius 2 is 1.43 bits per heavy atom. The number of hydrogen-bond acceptors (Lipinski definition) is 6. The highest BCUT2D eigenvalue weighted by atomic mass is 32.2. The first-order chi connectivity index (χ1) is 15.3. The van der Waals surface area contributed by atoms with Crippen LogP contribution in [0.5, 0.6) is 0 Å². The van der Waals surface area contributed by atoms with Gasteiger partial charge in [0.1, 0.15) is 6.10 Å². The molecule has 35 heavy (non-hydrogen) atoms. The molecular formula is C17H22F10O7S. The zero-order valence-corrected chi connectivity index (χ0v) is 18.8. The van der Waals surface area contributed by atoms with E-state index in [1.54, 1.807) is 0 Å². The number of ether oxygens (including phenoxy) is 2. The van der Waals surface area contributed by atoms with Crippen molar-refractivity contribution in [3.63, 3.8) is 0 Å². The molecule has 0 aliphatic heterocycles. The van der Waals surface area contributed by atoms with Crippen LogP contribution < -0.4 is 0 Å². The van der Waals surface area contributed by atoms with Crippen LogP contribution in [0.25, 0.3) is 0 Å². The number of aliphatic hydroxyl groups is 1. The van der Waals surface area contributed by atoms with Gasteiger partial charge in [-0.1, -0.05) is 20.4 Å². The third kappa shape index (κ3) is 8.45. The fraction of sp³-hybridized carbons (Fsp3) is 0.824. The Balaban J connectivity index is 5.24. The van der Waals surface area contributed by atoms with Crippen molar-refractivity contribution in [2.45, 2.75) is 68.3 Å². The van der Waals surface area contributed by atoms with Crippen LogP contribution in [-0.2, 0) is 24.4 Å². The van der Waals surface area contributed by atoms with Crippen molar-refractivity contribution < 1.29 is 76.2 Å². The normalized spacial score (nSPS) is 15.3. The molecule has 0 fully saturated rings. The number of hydrogen-bond donors (Lipinski definition) is 2. The summed E-state index contributed by atoms with van der Waals surface area (Å²) in [5.74, 6) is -7.59. The summed E-state index contributed by atoms with van der Waals surface area (Å²) in [6, 6.07) is 0. The van der Waals surface area contributed by atoms with Crippen LogP contribution in [0.4, 0.5) is 43.9 Å². The Morgan fingerprint density at radius 1 is 0.971 bits per heavy atom. The summed E-state index contributed by atoms with van der Waals surface area (Å²) in [4.78, 5) is 12.0. The molecular weight excluding hydrogens is 538 g/mol. The van der Waals surface area contributed by atoms with E-state index < -0.39 is 95.3 Å². The largest absolute Gasteiger partial charge is 0.459 e. The SMILES string of the molecule is C=C(COCCC(F)(F)C(F)(F)S(=O)(=O)O)C(=O)OC(CC(C)C)CC(O)(C(F)(F)F)C(F)(F)F. The van der Waals surface area contributed by atoms with E-state index in [4.69, 9.17) is 4.55 Å². The van der Waals surface area contributed by atoms with E-state index in [0.29, 0.717) is 0 Å². The topological polar surface area (TPSA) is 110 Å². The Bertz CT molecular complexity index is 836. The Morgan fingerprint density at radius 3 is 1.80 bits per heavy atom. The van der Waals surface area contributed by atoms with Crippen molar-refractivity contribution in [1.29, 1.82) is 0 Å². The van der Waals surface area contributed by atoms with Gasteiger partial charge in [-0.25, -0.2) is 4.79 Å². The van der Waals surface area contributed by atoms with Crippen LogP contribution in [0, 0.1) is 5.92 Å². The lowest BCUT2D eigenvalue weighted by molar-refractivity contribution is -0.374. The molecule has 18 heteroatoms. The molecule has 0 aromatic carbocycles. The van der Waals surface area contributed by atoms with Gasteiger partial charge in [0.05, 0.1) is 18.8 Å². The smallest absolute Gasteiger partial charge is 0.431 e. The molecule has 2 N–H and O–H groups in total. The molecule has 0 saturated heterocycles. The average molecular weight is 560 g/mol. The van der Waals surface area contributed by atoms with Crippen molar-refractivity contribution in [3.05, 3.63) is 12.2 Å². The zero-order chi connectivity index (χ0) is 28.3. The molecule has 0 aliphatic carbocycles. The van der Waals surface area contributed by atoms with Crippen molar-refractivity contribution in [3.8, 4) is 0 Å². The van der Waals surface area contributed by atoms with Crippen molar-refractivity contribution in [2.75, 3.05) is 13.2 Å². The third-order valence-corrected chi connectivity index (χ3v) is 5.29. The first-order valence-electron chi connectivity index (χ1n) is 9.35. The summed E-state index contributed by atoms with van der Waals surface area (Å²) in [6.45, 7) is 3.30. The molecule has 208 valence electrons. The van der Waals surface area contributed by atoms with E-state index in [1.165, 1.54) is 13.8 Å². The highest BCUT2D eigenvalue weighted by Gasteiger charge is 2.71. The van der Waals surface area contributed by atoms with Crippen molar-refractivity contribution in [1.82, 2.24) is 0 Å². The lowest BCUT2D eigenvalue weighted by Crippen LogP contribution is -2.58. The summed E-state index contributed by atoms with van der Waals surface area (Å²) in [5, 5.41) is 3.43. The Hall–Kier alpha value is -1.66. The monoisotopic (exact) mass is 560 g/mol. The van der Waals surface area contributed by atoms with Crippen molar-refractivity contribution >= 4 is 16.1 Å². The quantitative estimate of drug-likeness (QED) is 0.114. The summed E-state index contributed by atoms with van der Waals surface area (Å²) in [5.41, 5.74) is -6.08. The van der Waals surface area contributed by atoms with Crippen LogP contribution >= 0.6 is 0 Å². The number of carbonyl (C=O) groups excluding carboxylic acids is 1. The molecule has 0 rings (SSSR count). The van der Waals surface area contributed by atoms with Crippen LogP contribution in [0.1, 0.15) is 33.1 Å². The summed E-state index contributed by atoms with van der Waals surface area (Å²) >= 11 is 0. The second kappa shape index (κ2) is 11.2. The maximum absolute atomic E-state index is 13.3. The van der Waals surface area contributed by atoms with Gasteiger partial charge >= 0.3 is 39.6 Å². The molecule has 0 aromatic rings. The van der Waals surface area contributed by atoms with Gasteiger partial charge < -0.3 is 14.6 Å². The molecule has 7 nitrogen and oxygen atoms in total. The highest BCUT2D eigenvalue weighted by Crippen LogP contribution is 2.46. The number of esters is 1. The number of alkyl halides is 10. The summed E-state index contributed by atoms with van der Waals surface area (Å²) < 4.78 is 168. The third-order valence-electron chi connectivity index (χ3n) is 4.34. The molecule has 1 atom stereocenters. The lowest BCUT2D eigenvalue weighted by Gasteiger charge is -2.35. The van der Waals surface area contributed by atoms with E-state index in [2.05, 4.69) is 16.1 Å². The minimum atomic E-state index is -6.50. The molecule has 0 saturated carbocycles. The first-order valence-corrected chi connectivity index (χ1v) is 10.8. The predicted molar refractivity (Wildman–Crippen MR) is 97.0 cm³/mol. The van der Waals surface area contributed by atoms with Gasteiger partial charge in [0.2, 0.25) is 0 Å². The molecule has 0 radical (unpaired) electrons. The van der Waals surface area contributed by atoms with E-state index in [-0.39, 0.29) is 0 Å². The lowest BCUT2D eigenvalue weighted by atomic mass is 9.90. The Labute approximate surface area is 192 Å². The molecule has 0 aromatic heterocycles. The van der Waals surface area contributed by atoms with E-state index in [0.717, 1.165) is 0 Å². The second-order valence-electron chi connectivity index (χ2n) is 7.82. The second-order valence-corrected chi connectivity index (χ2v) is 9.28. The maximum Gasteiger partial charge on any atom is 0.431 e. The number of halogens is 10. The Kier molecular flexibility index (Phi) is 10.6. The highest BCUT2D eigenvalue weighted by molar-refractivity contribution is 7.87. The van der Waals surface area contributed by atoms with Gasteiger partial charge in [0, 0.05) is 12.8 Å². The minimum Gasteiger partial charge on any atom is -0.459 e. The average Bonchev–Trinajstić information content (AvgIpc) is 2.61. The van der Waals surface area contributed by atoms with E-state index in [1.807, 2.05) is 0 Å². The molecule has 0 aliphatic rings. The van der Waals surface area contributed by atoms with Crippen LogP contribution in [0.2, 0.25) is 0 Å². The predicted octanol–water partition coefficient (Wildman–Crippen LogP) is 4.27. The van der Waals surface area contributed by atoms with Gasteiger partial charge in [0.25, 0.3) is 5.60 Å². The summed E-state index contributed by atoms with van der Waals surface area (Å²) in [7, 11) is -6.50. The fourth-order valence-electron chi connectivity index (χ4n) is 2.44. The minimum absolute atomic E-state index is 0.578. The first kappa shape index (κ1) is 33.3. The standard InChI is InChI=1S/C17H22F10O7S/c1-9(2)6-11(7-13(29,15(20,21)22)16(23,24)25)34-12(28)10(3)8-33-5-4-14(18,19)17(26,27)35(30,31)32/h9,11,29H,3-8H2,1-2H3,(H,30,31,32). The van der Waals surface area contributed by atoms with Gasteiger partial charge in [-0.3, -0.25) is 4.55 Å². The van der Waals surface area contributed by atoms with Crippen LogP contribution in [-0.4, -0.2) is 72.5 Å². The number of rotatable bonds is 13. The fourth-order valence-corrected chi connectivity index (χ4v) is 2.92. The van der Waals surface area contributed by atoms with Gasteiger partial charge in [0.15, 0.2) is 0 Å². The number of carbonyl (C=O) groups is 1. The molecule has 0 heterocycles. The van der Waals surface area contributed by atoms with Gasteiger partial charge in [-0.2, -0.15) is 52.3 Å². The molecule has 1 unspecified atom stereocenters. The van der Waals surface area contributed by atoms with Crippen LogP contribution in [0.15, 0.2) is 12.2 Å². The van der Waals surface area contributed by atoms with E-state index in [9.17, 15) is 62.2 Å². The van der Waals surface area contributed by atoms with Gasteiger partial charge in [-0.05, 0) is 12.3 Å². The maximum atomic E-state index is 13.3. The van der Waals surface area contributed by atoms with Gasteiger partial charge in [-0.15, -0.1) is 0 Å². The zero-order valence-electron chi connectivity index (χ0n) is 18.0. The molecule has 0 amide bonds. The van der Waals surface area contributed by atoms with Crippen LogP contribution in [0.3, 0.4) is 0 Å². The molecule has 0 bridgehead atoms. The summed E-state index contributed by atoms with van der Waals surface area (Å²) in [6.07, 6.45) is -19.2. The molecule has 0 spiro atoms.